The third-order valence-corrected chi connectivity index (χ3v) is 2.64. The number of hydrogen-bond acceptors (Lipinski definition) is 2. The van der Waals surface area contributed by atoms with Gasteiger partial charge in [-0.1, -0.05) is 34.1 Å². The Morgan fingerprint density at radius 2 is 2.07 bits per heavy atom. The molecule has 1 aliphatic rings. The average Bonchev–Trinajstić information content (AvgIpc) is 2.55. The molecule has 1 saturated heterocycles. The van der Waals surface area contributed by atoms with Crippen LogP contribution in [0.5, 0.6) is 0 Å². The fourth-order valence-electron chi connectivity index (χ4n) is 1.44. The molecular weight excluding hydrogens is 190 g/mol. The van der Waals surface area contributed by atoms with E-state index in [1.165, 1.54) is 0 Å². The first-order chi connectivity index (χ1) is 7.04. The first-order valence-electron chi connectivity index (χ1n) is 5.66. The third-order valence-electron chi connectivity index (χ3n) is 2.64. The molecule has 1 rings (SSSR count). The van der Waals surface area contributed by atoms with E-state index in [0.29, 0.717) is 17.8 Å². The fraction of sp³-hybridized carbons (Fsp3) is 0.818. The number of aliphatic imine (C=N–C) groups is 1. The van der Waals surface area contributed by atoms with Crippen LogP contribution in [0.4, 0.5) is 0 Å². The second-order valence-electron chi connectivity index (χ2n) is 4.58. The molecular formula is C11H21N3O. The molecule has 0 radical (unpaired) electrons. The average molecular weight is 211 g/mol. The topological polar surface area (TPSA) is 53.5 Å². The van der Waals surface area contributed by atoms with Crippen LogP contribution < -0.4 is 10.6 Å². The minimum absolute atomic E-state index is 0.0480. The number of nitrogens with zero attached hydrogens (tertiary/aromatic N) is 1. The van der Waals surface area contributed by atoms with E-state index in [2.05, 4.69) is 43.3 Å². The van der Waals surface area contributed by atoms with Crippen molar-refractivity contribution in [2.75, 3.05) is 6.54 Å². The molecule has 0 aromatic rings. The molecule has 2 N–H and O–H groups in total. The summed E-state index contributed by atoms with van der Waals surface area (Å²) in [4.78, 5) is 15.9. The van der Waals surface area contributed by atoms with Gasteiger partial charge in [0.25, 0.3) is 0 Å². The second-order valence-corrected chi connectivity index (χ2v) is 4.58. The summed E-state index contributed by atoms with van der Waals surface area (Å²) in [6.45, 7) is 9.11. The van der Waals surface area contributed by atoms with Crippen molar-refractivity contribution in [2.45, 2.75) is 40.2 Å². The van der Waals surface area contributed by atoms with Crippen LogP contribution in [0.2, 0.25) is 0 Å². The summed E-state index contributed by atoms with van der Waals surface area (Å²) in [6.07, 6.45) is 0.989. The van der Waals surface area contributed by atoms with E-state index < -0.39 is 0 Å². The number of rotatable bonds is 4. The summed E-state index contributed by atoms with van der Waals surface area (Å²) in [5.41, 5.74) is 0. The maximum absolute atomic E-state index is 11.6. The fourth-order valence-corrected chi connectivity index (χ4v) is 1.44. The Hall–Kier alpha value is -1.06. The van der Waals surface area contributed by atoms with Gasteiger partial charge < -0.3 is 5.32 Å². The summed E-state index contributed by atoms with van der Waals surface area (Å²) >= 11 is 0. The molecule has 0 saturated carbocycles. The van der Waals surface area contributed by atoms with E-state index in [1.54, 1.807) is 0 Å². The van der Waals surface area contributed by atoms with Gasteiger partial charge in [0.05, 0.1) is 0 Å². The van der Waals surface area contributed by atoms with Crippen molar-refractivity contribution in [2.24, 2.45) is 16.8 Å². The summed E-state index contributed by atoms with van der Waals surface area (Å²) < 4.78 is 0. The second kappa shape index (κ2) is 5.14. The maximum Gasteiger partial charge on any atom is 0.249 e. The first-order valence-corrected chi connectivity index (χ1v) is 5.66. The van der Waals surface area contributed by atoms with Crippen molar-refractivity contribution in [1.82, 2.24) is 10.6 Å². The Balaban J connectivity index is 2.55. The van der Waals surface area contributed by atoms with Crippen LogP contribution in [0.15, 0.2) is 4.99 Å². The number of amides is 1. The number of hydrogen-bond donors (Lipinski definition) is 2. The molecule has 4 nitrogen and oxygen atoms in total. The highest BCUT2D eigenvalue weighted by Crippen LogP contribution is 2.10. The molecule has 2 unspecified atom stereocenters. The van der Waals surface area contributed by atoms with Crippen molar-refractivity contribution in [3.63, 3.8) is 0 Å². The smallest absolute Gasteiger partial charge is 0.249 e. The van der Waals surface area contributed by atoms with E-state index in [0.717, 1.165) is 13.0 Å². The van der Waals surface area contributed by atoms with Crippen LogP contribution >= 0.6 is 0 Å². The number of guanidine groups is 1. The van der Waals surface area contributed by atoms with Crippen molar-refractivity contribution in [1.29, 1.82) is 0 Å². The monoisotopic (exact) mass is 211 g/mol. The Morgan fingerprint density at radius 1 is 1.40 bits per heavy atom. The van der Waals surface area contributed by atoms with Crippen LogP contribution in [0, 0.1) is 11.8 Å². The van der Waals surface area contributed by atoms with Crippen molar-refractivity contribution < 1.29 is 4.79 Å². The van der Waals surface area contributed by atoms with Crippen molar-refractivity contribution in [3.05, 3.63) is 0 Å². The van der Waals surface area contributed by atoms with Gasteiger partial charge in [0.2, 0.25) is 5.91 Å². The number of carbonyl (C=O) groups excluding carboxylic acids is 1. The van der Waals surface area contributed by atoms with E-state index >= 15 is 0 Å². The minimum Gasteiger partial charge on any atom is -0.344 e. The minimum atomic E-state index is -0.110. The Labute approximate surface area is 91.5 Å². The molecule has 4 heteroatoms. The van der Waals surface area contributed by atoms with Gasteiger partial charge in [-0.3, -0.25) is 15.1 Å². The molecule has 0 aromatic heterocycles. The standard InChI is InChI=1S/C11H21N3O/c1-5-8(4)9-10(15)14-11(13-9)12-6-7(2)3/h7-9H,5-6H2,1-4H3,(H2,12,13,14,15). The lowest BCUT2D eigenvalue weighted by atomic mass is 10.00. The van der Waals surface area contributed by atoms with Gasteiger partial charge in [-0.05, 0) is 11.8 Å². The lowest BCUT2D eigenvalue weighted by Gasteiger charge is -2.14. The lowest BCUT2D eigenvalue weighted by Crippen LogP contribution is -2.35. The van der Waals surface area contributed by atoms with Crippen LogP contribution in [-0.4, -0.2) is 24.5 Å². The number of nitrogens with one attached hydrogen (secondary N) is 2. The largest absolute Gasteiger partial charge is 0.344 e. The third kappa shape index (κ3) is 3.22. The zero-order valence-corrected chi connectivity index (χ0v) is 10.0. The van der Waals surface area contributed by atoms with E-state index in [4.69, 9.17) is 0 Å². The summed E-state index contributed by atoms with van der Waals surface area (Å²) in [6, 6.07) is -0.110. The molecule has 2 atom stereocenters. The van der Waals surface area contributed by atoms with Gasteiger partial charge >= 0.3 is 0 Å². The molecule has 1 amide bonds. The van der Waals surface area contributed by atoms with Gasteiger partial charge in [-0.15, -0.1) is 0 Å². The molecule has 86 valence electrons. The highest BCUT2D eigenvalue weighted by molar-refractivity contribution is 6.06. The Morgan fingerprint density at radius 3 is 2.60 bits per heavy atom. The van der Waals surface area contributed by atoms with Crippen molar-refractivity contribution in [3.8, 4) is 0 Å². The molecule has 0 aliphatic carbocycles. The molecule has 0 spiro atoms. The Kier molecular flexibility index (Phi) is 4.12. The van der Waals surface area contributed by atoms with Gasteiger partial charge in [-0.25, -0.2) is 0 Å². The summed E-state index contributed by atoms with van der Waals surface area (Å²) in [5, 5.41) is 5.91. The van der Waals surface area contributed by atoms with Crippen LogP contribution in [-0.2, 0) is 4.79 Å². The highest BCUT2D eigenvalue weighted by Gasteiger charge is 2.31. The van der Waals surface area contributed by atoms with E-state index in [1.807, 2.05) is 0 Å². The molecule has 1 fully saturated rings. The quantitative estimate of drug-likeness (QED) is 0.732. The SMILES string of the molecule is CCC(C)C1NC(=NCC(C)C)NC1=O. The van der Waals surface area contributed by atoms with Crippen LogP contribution in [0.3, 0.4) is 0 Å². The predicted molar refractivity (Wildman–Crippen MR) is 61.7 cm³/mol. The predicted octanol–water partition coefficient (Wildman–Crippen LogP) is 1.13. The molecule has 1 aliphatic heterocycles. The maximum atomic E-state index is 11.6. The zero-order valence-electron chi connectivity index (χ0n) is 10.0. The van der Waals surface area contributed by atoms with Gasteiger partial charge in [0.1, 0.15) is 6.04 Å². The molecule has 0 aromatic carbocycles. The van der Waals surface area contributed by atoms with Gasteiger partial charge in [0, 0.05) is 6.54 Å². The Bertz CT molecular complexity index is 261. The van der Waals surface area contributed by atoms with Crippen LogP contribution in [0.1, 0.15) is 34.1 Å². The molecule has 0 bridgehead atoms. The molecule has 15 heavy (non-hydrogen) atoms. The summed E-state index contributed by atoms with van der Waals surface area (Å²) in [5.74, 6) is 1.54. The normalized spacial score (nSPS) is 25.5. The zero-order chi connectivity index (χ0) is 11.4. The lowest BCUT2D eigenvalue weighted by molar-refractivity contribution is -0.121. The van der Waals surface area contributed by atoms with Gasteiger partial charge in [-0.2, -0.15) is 0 Å². The highest BCUT2D eigenvalue weighted by atomic mass is 16.2. The van der Waals surface area contributed by atoms with Gasteiger partial charge in [0.15, 0.2) is 5.96 Å². The van der Waals surface area contributed by atoms with Crippen molar-refractivity contribution >= 4 is 11.9 Å². The first kappa shape index (κ1) is 12.0. The molecule has 1 heterocycles. The van der Waals surface area contributed by atoms with E-state index in [-0.39, 0.29) is 11.9 Å². The van der Waals surface area contributed by atoms with Crippen LogP contribution in [0.25, 0.3) is 0 Å². The summed E-state index contributed by atoms with van der Waals surface area (Å²) in [7, 11) is 0. The number of carbonyl (C=O) groups is 1. The van der Waals surface area contributed by atoms with E-state index in [9.17, 15) is 4.79 Å².